The molecular formula is C21H20F3NO. The maximum absolute atomic E-state index is 13.2. The molecule has 2 aromatic carbocycles. The van der Waals surface area contributed by atoms with E-state index in [1.54, 1.807) is 12.1 Å². The highest BCUT2D eigenvalue weighted by molar-refractivity contribution is 5.94. The Morgan fingerprint density at radius 3 is 2.12 bits per heavy atom. The van der Waals surface area contributed by atoms with E-state index in [4.69, 9.17) is 0 Å². The maximum atomic E-state index is 13.2. The fraction of sp³-hybridized carbons (Fsp3) is 0.286. The van der Waals surface area contributed by atoms with E-state index in [-0.39, 0.29) is 11.0 Å². The quantitative estimate of drug-likeness (QED) is 0.393. The Kier molecular flexibility index (Phi) is 5.46. The van der Waals surface area contributed by atoms with Crippen molar-refractivity contribution in [2.75, 3.05) is 0 Å². The van der Waals surface area contributed by atoms with Crippen LogP contribution in [0.2, 0.25) is 0 Å². The van der Waals surface area contributed by atoms with E-state index in [2.05, 4.69) is 20.8 Å². The summed E-state index contributed by atoms with van der Waals surface area (Å²) in [6, 6.07) is 13.5. The lowest BCUT2D eigenvalue weighted by molar-refractivity contribution is -0.137. The van der Waals surface area contributed by atoms with Crippen LogP contribution in [-0.2, 0) is 11.6 Å². The van der Waals surface area contributed by atoms with Crippen molar-refractivity contribution >= 4 is 11.3 Å². The number of halogens is 3. The average Bonchev–Trinajstić information content (AvgIpc) is 2.62. The van der Waals surface area contributed by atoms with E-state index in [9.17, 15) is 23.5 Å². The van der Waals surface area contributed by atoms with Crippen LogP contribution in [-0.4, -0.2) is 5.11 Å². The molecule has 0 spiro atoms. The summed E-state index contributed by atoms with van der Waals surface area (Å²) in [6.07, 6.45) is -3.71. The third-order valence-corrected chi connectivity index (χ3v) is 4.68. The van der Waals surface area contributed by atoms with E-state index in [1.165, 1.54) is 12.1 Å². The van der Waals surface area contributed by atoms with E-state index in [0.29, 0.717) is 5.56 Å². The summed E-state index contributed by atoms with van der Waals surface area (Å²) in [5, 5.41) is 19.8. The number of hydrogen-bond acceptors (Lipinski definition) is 2. The molecule has 0 saturated heterocycles. The van der Waals surface area contributed by atoms with Gasteiger partial charge in [0, 0.05) is 5.56 Å². The Bertz CT molecular complexity index is 856. The molecule has 2 aromatic rings. The number of rotatable bonds is 4. The standard InChI is InChI=1S/C21H20F3NO/c1-4-20(2,3)15-11-9-14(10-12-15)17(13-25)19(26)16-7-5-6-8-18(16)21(22,23)24/h5-12,26H,4H2,1-3H3. The van der Waals surface area contributed by atoms with Gasteiger partial charge >= 0.3 is 6.18 Å². The molecule has 0 amide bonds. The lowest BCUT2D eigenvalue weighted by Crippen LogP contribution is -2.15. The molecule has 0 aliphatic rings. The summed E-state index contributed by atoms with van der Waals surface area (Å²) < 4.78 is 39.6. The monoisotopic (exact) mass is 359 g/mol. The number of hydrogen-bond donors (Lipinski definition) is 1. The molecule has 0 heterocycles. The third-order valence-electron chi connectivity index (χ3n) is 4.68. The zero-order valence-electron chi connectivity index (χ0n) is 14.9. The van der Waals surface area contributed by atoms with E-state index in [0.717, 1.165) is 24.1 Å². The molecule has 2 rings (SSSR count). The van der Waals surface area contributed by atoms with Gasteiger partial charge in [-0.3, -0.25) is 0 Å². The summed E-state index contributed by atoms with van der Waals surface area (Å²) >= 11 is 0. The van der Waals surface area contributed by atoms with E-state index < -0.39 is 23.1 Å². The van der Waals surface area contributed by atoms with Gasteiger partial charge in [0.05, 0.1) is 5.56 Å². The van der Waals surface area contributed by atoms with Gasteiger partial charge in [-0.05, 0) is 29.0 Å². The molecule has 0 aromatic heterocycles. The first-order chi connectivity index (χ1) is 12.1. The van der Waals surface area contributed by atoms with Crippen molar-refractivity contribution in [1.29, 1.82) is 5.26 Å². The molecule has 0 bridgehead atoms. The smallest absolute Gasteiger partial charge is 0.417 e. The van der Waals surface area contributed by atoms with Gasteiger partial charge in [-0.25, -0.2) is 0 Å². The first kappa shape index (κ1) is 19.6. The Balaban J connectivity index is 2.57. The van der Waals surface area contributed by atoms with Crippen LogP contribution in [0, 0.1) is 11.3 Å². The predicted octanol–water partition coefficient (Wildman–Crippen LogP) is 6.34. The molecule has 5 heteroatoms. The molecule has 1 N–H and O–H groups in total. The summed E-state index contributed by atoms with van der Waals surface area (Å²) in [5.41, 5.74) is -0.208. The molecule has 0 aliphatic carbocycles. The van der Waals surface area contributed by atoms with Gasteiger partial charge in [0.2, 0.25) is 0 Å². The Hall–Kier alpha value is -2.74. The SMILES string of the molecule is CCC(C)(C)c1ccc(C(C#N)=C(O)c2ccccc2C(F)(F)F)cc1. The Morgan fingerprint density at radius 2 is 1.62 bits per heavy atom. The molecular weight excluding hydrogens is 339 g/mol. The lowest BCUT2D eigenvalue weighted by atomic mass is 9.81. The number of alkyl halides is 3. The van der Waals surface area contributed by atoms with Gasteiger partial charge < -0.3 is 5.11 Å². The molecule has 0 saturated carbocycles. The van der Waals surface area contributed by atoms with Crippen molar-refractivity contribution < 1.29 is 18.3 Å². The Labute approximate surface area is 151 Å². The second kappa shape index (κ2) is 7.25. The van der Waals surface area contributed by atoms with Crippen LogP contribution >= 0.6 is 0 Å². The van der Waals surface area contributed by atoms with Crippen LogP contribution in [0.15, 0.2) is 48.5 Å². The van der Waals surface area contributed by atoms with Gasteiger partial charge in [0.1, 0.15) is 17.4 Å². The minimum atomic E-state index is -4.62. The number of aliphatic hydroxyl groups excluding tert-OH is 1. The van der Waals surface area contributed by atoms with Crippen LogP contribution in [0.5, 0.6) is 0 Å². The fourth-order valence-electron chi connectivity index (χ4n) is 2.62. The molecule has 0 aliphatic heterocycles. The van der Waals surface area contributed by atoms with E-state index in [1.807, 2.05) is 18.2 Å². The van der Waals surface area contributed by atoms with Gasteiger partial charge in [0.15, 0.2) is 0 Å². The summed E-state index contributed by atoms with van der Waals surface area (Å²) in [7, 11) is 0. The van der Waals surface area contributed by atoms with Crippen molar-refractivity contribution in [1.82, 2.24) is 0 Å². The normalized spacial score (nSPS) is 13.1. The second-order valence-corrected chi connectivity index (χ2v) is 6.69. The number of nitriles is 1. The highest BCUT2D eigenvalue weighted by Gasteiger charge is 2.34. The van der Waals surface area contributed by atoms with Crippen molar-refractivity contribution in [2.45, 2.75) is 38.8 Å². The topological polar surface area (TPSA) is 44.0 Å². The van der Waals surface area contributed by atoms with Crippen LogP contribution < -0.4 is 0 Å². The average molecular weight is 359 g/mol. The molecule has 0 atom stereocenters. The molecule has 26 heavy (non-hydrogen) atoms. The van der Waals surface area contributed by atoms with Gasteiger partial charge in [-0.15, -0.1) is 0 Å². The molecule has 0 radical (unpaired) electrons. The number of aliphatic hydroxyl groups is 1. The van der Waals surface area contributed by atoms with Crippen molar-refractivity contribution in [2.24, 2.45) is 0 Å². The van der Waals surface area contributed by atoms with Gasteiger partial charge in [0.25, 0.3) is 0 Å². The van der Waals surface area contributed by atoms with Gasteiger partial charge in [-0.2, -0.15) is 18.4 Å². The fourth-order valence-corrected chi connectivity index (χ4v) is 2.62. The van der Waals surface area contributed by atoms with Crippen LogP contribution in [0.3, 0.4) is 0 Å². The molecule has 0 fully saturated rings. The molecule has 0 unspecified atom stereocenters. The van der Waals surface area contributed by atoms with Crippen LogP contribution in [0.1, 0.15) is 49.4 Å². The Morgan fingerprint density at radius 1 is 1.04 bits per heavy atom. The zero-order valence-corrected chi connectivity index (χ0v) is 14.9. The minimum absolute atomic E-state index is 0.0556. The first-order valence-electron chi connectivity index (χ1n) is 8.22. The largest absolute Gasteiger partial charge is 0.506 e. The third kappa shape index (κ3) is 3.91. The van der Waals surface area contributed by atoms with Crippen LogP contribution in [0.25, 0.3) is 11.3 Å². The lowest BCUT2D eigenvalue weighted by Gasteiger charge is -2.23. The summed E-state index contributed by atoms with van der Waals surface area (Å²) in [5.74, 6) is -0.678. The number of allylic oxidation sites excluding steroid dienone is 1. The minimum Gasteiger partial charge on any atom is -0.506 e. The first-order valence-corrected chi connectivity index (χ1v) is 8.22. The van der Waals surface area contributed by atoms with E-state index >= 15 is 0 Å². The molecule has 136 valence electrons. The molecule has 2 nitrogen and oxygen atoms in total. The van der Waals surface area contributed by atoms with Crippen molar-refractivity contribution in [3.05, 3.63) is 70.8 Å². The maximum Gasteiger partial charge on any atom is 0.417 e. The van der Waals surface area contributed by atoms with Crippen molar-refractivity contribution in [3.8, 4) is 6.07 Å². The van der Waals surface area contributed by atoms with Crippen LogP contribution in [0.4, 0.5) is 13.2 Å². The highest BCUT2D eigenvalue weighted by atomic mass is 19.4. The van der Waals surface area contributed by atoms with Crippen molar-refractivity contribution in [3.63, 3.8) is 0 Å². The summed E-state index contributed by atoms with van der Waals surface area (Å²) in [4.78, 5) is 0. The number of benzene rings is 2. The summed E-state index contributed by atoms with van der Waals surface area (Å²) in [6.45, 7) is 6.23. The zero-order chi connectivity index (χ0) is 19.5. The second-order valence-electron chi connectivity index (χ2n) is 6.69. The number of nitrogens with zero attached hydrogens (tertiary/aromatic N) is 1. The predicted molar refractivity (Wildman–Crippen MR) is 96.3 cm³/mol. The van der Waals surface area contributed by atoms with Gasteiger partial charge in [-0.1, -0.05) is 63.2 Å². The highest BCUT2D eigenvalue weighted by Crippen LogP contribution is 2.36.